The summed E-state index contributed by atoms with van der Waals surface area (Å²) in [6, 6.07) is 15.5. The van der Waals surface area contributed by atoms with Gasteiger partial charge in [-0.05, 0) is 43.8 Å². The van der Waals surface area contributed by atoms with Crippen molar-refractivity contribution in [3.05, 3.63) is 83.7 Å². The Hall–Kier alpha value is -3.12. The number of aryl methyl sites for hydroxylation is 1. The van der Waals surface area contributed by atoms with E-state index in [9.17, 15) is 4.79 Å². The van der Waals surface area contributed by atoms with Crippen LogP contribution in [0, 0.1) is 6.92 Å². The summed E-state index contributed by atoms with van der Waals surface area (Å²) in [6.45, 7) is 2.85. The molecule has 0 bridgehead atoms. The first-order chi connectivity index (χ1) is 13.6. The second kappa shape index (κ2) is 7.86. The summed E-state index contributed by atoms with van der Waals surface area (Å²) in [5.41, 5.74) is 3.11. The smallest absolute Gasteiger partial charge is 0.257 e. The molecule has 0 aliphatic carbocycles. The van der Waals surface area contributed by atoms with Crippen molar-refractivity contribution in [2.24, 2.45) is 5.10 Å². The lowest BCUT2D eigenvalue weighted by Crippen LogP contribution is -2.36. The Kier molecular flexibility index (Phi) is 5.12. The molecule has 0 radical (unpaired) electrons. The van der Waals surface area contributed by atoms with Gasteiger partial charge in [-0.25, -0.2) is 5.01 Å². The van der Waals surface area contributed by atoms with E-state index in [0.717, 1.165) is 22.8 Å². The minimum absolute atomic E-state index is 0.0717. The van der Waals surface area contributed by atoms with E-state index in [1.165, 1.54) is 5.56 Å². The molecule has 1 aromatic carbocycles. The van der Waals surface area contributed by atoms with Gasteiger partial charge in [0.1, 0.15) is 17.6 Å². The average molecular weight is 377 g/mol. The van der Waals surface area contributed by atoms with Crippen LogP contribution < -0.4 is 0 Å². The number of amides is 1. The molecule has 1 aliphatic heterocycles. The maximum Gasteiger partial charge on any atom is 0.257 e. The number of nitrogens with zero attached hydrogens (tertiary/aromatic N) is 3. The van der Waals surface area contributed by atoms with Gasteiger partial charge in [-0.15, -0.1) is 0 Å². The maximum absolute atomic E-state index is 13.0. The van der Waals surface area contributed by atoms with E-state index in [-0.39, 0.29) is 18.5 Å². The Morgan fingerprint density at radius 2 is 1.89 bits per heavy atom. The van der Waals surface area contributed by atoms with Crippen LogP contribution >= 0.6 is 0 Å². The summed E-state index contributed by atoms with van der Waals surface area (Å²) in [5.74, 6) is 1.49. The standard InChI is InChI=1S/C22H23N3O3/c1-16-7-9-17(10-8-16)19-13-20(21-6-4-12-28-21)25(23-19)22(26)15-24(2)14-18-5-3-11-27-18/h3-12,20H,13-15H2,1-2H3. The number of hydrazone groups is 1. The molecule has 0 saturated heterocycles. The van der Waals surface area contributed by atoms with Crippen LogP contribution in [-0.4, -0.2) is 35.1 Å². The molecule has 1 atom stereocenters. The zero-order chi connectivity index (χ0) is 19.5. The van der Waals surface area contributed by atoms with Gasteiger partial charge in [0.15, 0.2) is 0 Å². The second-order valence-electron chi connectivity index (χ2n) is 7.14. The van der Waals surface area contributed by atoms with Gasteiger partial charge < -0.3 is 8.83 Å². The Balaban J connectivity index is 1.53. The Bertz CT molecular complexity index is 944. The third kappa shape index (κ3) is 3.92. The van der Waals surface area contributed by atoms with Crippen LogP contribution in [-0.2, 0) is 11.3 Å². The van der Waals surface area contributed by atoms with Gasteiger partial charge in [-0.2, -0.15) is 5.10 Å². The summed E-state index contributed by atoms with van der Waals surface area (Å²) in [5, 5.41) is 6.23. The van der Waals surface area contributed by atoms with Gasteiger partial charge >= 0.3 is 0 Å². The van der Waals surface area contributed by atoms with Crippen LogP contribution in [0.5, 0.6) is 0 Å². The van der Waals surface area contributed by atoms with Gasteiger partial charge in [0.25, 0.3) is 5.91 Å². The molecule has 1 unspecified atom stereocenters. The van der Waals surface area contributed by atoms with Crippen LogP contribution in [0.15, 0.2) is 75.0 Å². The highest BCUT2D eigenvalue weighted by atomic mass is 16.3. The van der Waals surface area contributed by atoms with Crippen molar-refractivity contribution in [3.8, 4) is 0 Å². The number of hydrogen-bond acceptors (Lipinski definition) is 5. The molecular weight excluding hydrogens is 354 g/mol. The van der Waals surface area contributed by atoms with E-state index >= 15 is 0 Å². The van der Waals surface area contributed by atoms with Crippen molar-refractivity contribution in [2.45, 2.75) is 25.9 Å². The van der Waals surface area contributed by atoms with Gasteiger partial charge in [0.05, 0.1) is 31.3 Å². The zero-order valence-electron chi connectivity index (χ0n) is 16.0. The largest absolute Gasteiger partial charge is 0.468 e. The molecule has 0 saturated carbocycles. The Labute approximate surface area is 164 Å². The lowest BCUT2D eigenvalue weighted by atomic mass is 10.0. The highest BCUT2D eigenvalue weighted by Gasteiger charge is 2.35. The van der Waals surface area contributed by atoms with E-state index < -0.39 is 0 Å². The molecule has 1 amide bonds. The molecule has 3 aromatic rings. The lowest BCUT2D eigenvalue weighted by Gasteiger charge is -2.22. The van der Waals surface area contributed by atoms with Gasteiger partial charge in [0, 0.05) is 6.42 Å². The molecular formula is C22H23N3O3. The molecule has 0 spiro atoms. The van der Waals surface area contributed by atoms with Crippen molar-refractivity contribution in [3.63, 3.8) is 0 Å². The van der Waals surface area contributed by atoms with Gasteiger partial charge in [0.2, 0.25) is 0 Å². The predicted molar refractivity (Wildman–Crippen MR) is 106 cm³/mol. The fourth-order valence-corrected chi connectivity index (χ4v) is 3.39. The van der Waals surface area contributed by atoms with Crippen molar-refractivity contribution >= 4 is 11.6 Å². The average Bonchev–Trinajstić information content (AvgIpc) is 3.43. The van der Waals surface area contributed by atoms with E-state index in [1.54, 1.807) is 17.5 Å². The number of carbonyl (C=O) groups excluding carboxylic acids is 1. The Morgan fingerprint density at radius 1 is 1.14 bits per heavy atom. The van der Waals surface area contributed by atoms with Crippen LogP contribution in [0.3, 0.4) is 0 Å². The summed E-state index contributed by atoms with van der Waals surface area (Å²) < 4.78 is 11.0. The van der Waals surface area contributed by atoms with Crippen LogP contribution in [0.25, 0.3) is 0 Å². The summed E-state index contributed by atoms with van der Waals surface area (Å²) >= 11 is 0. The summed E-state index contributed by atoms with van der Waals surface area (Å²) in [4.78, 5) is 14.9. The van der Waals surface area contributed by atoms with Crippen molar-refractivity contribution < 1.29 is 13.6 Å². The molecule has 0 N–H and O–H groups in total. The number of likely N-dealkylation sites (N-methyl/N-ethyl adjacent to an activating group) is 1. The van der Waals surface area contributed by atoms with Crippen molar-refractivity contribution in [1.82, 2.24) is 9.91 Å². The maximum atomic E-state index is 13.0. The lowest BCUT2D eigenvalue weighted by molar-refractivity contribution is -0.134. The van der Waals surface area contributed by atoms with E-state index in [1.807, 2.05) is 48.3 Å². The number of hydrogen-bond donors (Lipinski definition) is 0. The summed E-state index contributed by atoms with van der Waals surface area (Å²) in [7, 11) is 1.89. The minimum Gasteiger partial charge on any atom is -0.468 e. The number of furan rings is 2. The van der Waals surface area contributed by atoms with Crippen LogP contribution in [0.4, 0.5) is 0 Å². The monoisotopic (exact) mass is 377 g/mol. The van der Waals surface area contributed by atoms with Crippen molar-refractivity contribution in [1.29, 1.82) is 0 Å². The third-order valence-corrected chi connectivity index (χ3v) is 4.83. The Morgan fingerprint density at radius 3 is 2.57 bits per heavy atom. The third-order valence-electron chi connectivity index (χ3n) is 4.83. The molecule has 6 heteroatoms. The number of benzene rings is 1. The molecule has 1 aliphatic rings. The second-order valence-corrected chi connectivity index (χ2v) is 7.14. The number of rotatable bonds is 6. The molecule has 0 fully saturated rings. The molecule has 3 heterocycles. The van der Waals surface area contributed by atoms with E-state index in [2.05, 4.69) is 24.2 Å². The fourth-order valence-electron chi connectivity index (χ4n) is 3.39. The normalized spacial score (nSPS) is 16.6. The first-order valence-electron chi connectivity index (χ1n) is 9.31. The van der Waals surface area contributed by atoms with Crippen LogP contribution in [0.2, 0.25) is 0 Å². The topological polar surface area (TPSA) is 62.2 Å². The molecule has 4 rings (SSSR count). The van der Waals surface area contributed by atoms with Crippen molar-refractivity contribution in [2.75, 3.05) is 13.6 Å². The molecule has 28 heavy (non-hydrogen) atoms. The number of carbonyl (C=O) groups is 1. The van der Waals surface area contributed by atoms with E-state index in [0.29, 0.717) is 13.0 Å². The molecule has 6 nitrogen and oxygen atoms in total. The van der Waals surface area contributed by atoms with E-state index in [4.69, 9.17) is 8.83 Å². The first kappa shape index (κ1) is 18.3. The molecule has 2 aromatic heterocycles. The first-order valence-corrected chi connectivity index (χ1v) is 9.31. The fraction of sp³-hybridized carbons (Fsp3) is 0.273. The van der Waals surface area contributed by atoms with Gasteiger partial charge in [-0.1, -0.05) is 29.8 Å². The zero-order valence-corrected chi connectivity index (χ0v) is 16.0. The quantitative estimate of drug-likeness (QED) is 0.652. The highest BCUT2D eigenvalue weighted by Crippen LogP contribution is 2.33. The van der Waals surface area contributed by atoms with Gasteiger partial charge in [-0.3, -0.25) is 9.69 Å². The molecule has 144 valence electrons. The highest BCUT2D eigenvalue weighted by molar-refractivity contribution is 6.03. The SMILES string of the molecule is Cc1ccc(C2=NN(C(=O)CN(C)Cc3ccco3)C(c3ccco3)C2)cc1. The minimum atomic E-state index is -0.226. The predicted octanol–water partition coefficient (Wildman–Crippen LogP) is 3.99. The van der Waals surface area contributed by atoms with Crippen LogP contribution in [0.1, 0.15) is 35.1 Å². The summed E-state index contributed by atoms with van der Waals surface area (Å²) in [6.07, 6.45) is 3.89.